The van der Waals surface area contributed by atoms with Gasteiger partial charge in [0.15, 0.2) is 0 Å². The molecule has 1 spiro atoms. The third-order valence-corrected chi connectivity index (χ3v) is 2.59. The first-order valence-corrected chi connectivity index (χ1v) is 3.81. The van der Waals surface area contributed by atoms with E-state index in [2.05, 4.69) is 5.32 Å². The van der Waals surface area contributed by atoms with Gasteiger partial charge in [0.2, 0.25) is 0 Å². The Bertz CT molecular complexity index is 116. The highest BCUT2D eigenvalue weighted by Crippen LogP contribution is 2.41. The summed E-state index contributed by atoms with van der Waals surface area (Å²) >= 11 is 0. The minimum absolute atomic E-state index is 0. The van der Waals surface area contributed by atoms with Gasteiger partial charge in [-0.15, -0.1) is 24.8 Å². The number of halogens is 2. The minimum atomic E-state index is 0. The van der Waals surface area contributed by atoms with E-state index < -0.39 is 0 Å². The van der Waals surface area contributed by atoms with Crippen molar-refractivity contribution in [2.45, 2.75) is 37.3 Å². The van der Waals surface area contributed by atoms with Gasteiger partial charge in [-0.3, -0.25) is 0 Å². The first-order chi connectivity index (χ1) is 4.31. The van der Waals surface area contributed by atoms with Crippen LogP contribution in [0.15, 0.2) is 0 Å². The average Bonchev–Trinajstić information content (AvgIpc) is 2.60. The van der Waals surface area contributed by atoms with Crippen LogP contribution < -0.4 is 11.1 Å². The van der Waals surface area contributed by atoms with Crippen molar-refractivity contribution in [2.75, 3.05) is 6.54 Å². The second-order valence-electron chi connectivity index (χ2n) is 3.46. The molecule has 68 valence electrons. The maximum atomic E-state index is 5.72. The molecule has 1 atom stereocenters. The van der Waals surface area contributed by atoms with Crippen LogP contribution in [0.1, 0.15) is 25.7 Å². The lowest BCUT2D eigenvalue weighted by Gasteiger charge is -2.27. The molecule has 2 rings (SSSR count). The summed E-state index contributed by atoms with van der Waals surface area (Å²) in [5.41, 5.74) is 6.30. The Morgan fingerprint density at radius 2 is 1.82 bits per heavy atom. The zero-order valence-corrected chi connectivity index (χ0v) is 8.14. The molecular weight excluding hydrogens is 183 g/mol. The van der Waals surface area contributed by atoms with Crippen molar-refractivity contribution in [2.24, 2.45) is 5.73 Å². The highest BCUT2D eigenvalue weighted by atomic mass is 35.5. The van der Waals surface area contributed by atoms with Crippen LogP contribution >= 0.6 is 24.8 Å². The van der Waals surface area contributed by atoms with Crippen molar-refractivity contribution in [3.05, 3.63) is 0 Å². The van der Waals surface area contributed by atoms with Gasteiger partial charge in [0.25, 0.3) is 0 Å². The van der Waals surface area contributed by atoms with Crippen molar-refractivity contribution in [3.8, 4) is 0 Å². The predicted molar refractivity (Wildman–Crippen MR) is 51.7 cm³/mol. The minimum Gasteiger partial charge on any atom is -0.327 e. The molecule has 0 aromatic carbocycles. The van der Waals surface area contributed by atoms with E-state index >= 15 is 0 Å². The maximum absolute atomic E-state index is 5.72. The van der Waals surface area contributed by atoms with E-state index in [-0.39, 0.29) is 24.8 Å². The summed E-state index contributed by atoms with van der Waals surface area (Å²) in [5.74, 6) is 0. The lowest BCUT2D eigenvalue weighted by atomic mass is 10.00. The average molecular weight is 199 g/mol. The number of nitrogens with two attached hydrogens (primary N) is 1. The predicted octanol–water partition coefficient (Wildman–Crippen LogP) is 1.07. The molecule has 11 heavy (non-hydrogen) atoms. The molecule has 1 aliphatic heterocycles. The fourth-order valence-electron chi connectivity index (χ4n) is 1.58. The smallest absolute Gasteiger partial charge is 0.0184 e. The zero-order valence-electron chi connectivity index (χ0n) is 6.51. The van der Waals surface area contributed by atoms with Crippen LogP contribution in [0.5, 0.6) is 0 Å². The van der Waals surface area contributed by atoms with Gasteiger partial charge in [0.05, 0.1) is 0 Å². The van der Waals surface area contributed by atoms with Crippen LogP contribution in [0.3, 0.4) is 0 Å². The summed E-state index contributed by atoms with van der Waals surface area (Å²) in [5, 5.41) is 3.49. The third-order valence-electron chi connectivity index (χ3n) is 2.59. The van der Waals surface area contributed by atoms with Crippen LogP contribution in [-0.2, 0) is 0 Å². The van der Waals surface area contributed by atoms with Crippen molar-refractivity contribution in [3.63, 3.8) is 0 Å². The van der Waals surface area contributed by atoms with Gasteiger partial charge in [-0.1, -0.05) is 0 Å². The van der Waals surface area contributed by atoms with E-state index in [0.717, 1.165) is 6.54 Å². The van der Waals surface area contributed by atoms with Crippen LogP contribution in [-0.4, -0.2) is 18.1 Å². The molecule has 1 heterocycles. The van der Waals surface area contributed by atoms with Gasteiger partial charge in [-0.05, 0) is 25.7 Å². The van der Waals surface area contributed by atoms with Gasteiger partial charge in [-0.2, -0.15) is 0 Å². The van der Waals surface area contributed by atoms with Crippen LogP contribution in [0.2, 0.25) is 0 Å². The Morgan fingerprint density at radius 3 is 2.18 bits per heavy atom. The van der Waals surface area contributed by atoms with Gasteiger partial charge >= 0.3 is 0 Å². The monoisotopic (exact) mass is 198 g/mol. The lowest BCUT2D eigenvalue weighted by Crippen LogP contribution is -2.46. The molecule has 0 aromatic rings. The SMILES string of the molecule is Cl.Cl.N[C@H]1CCC2(CC2)NC1. The van der Waals surface area contributed by atoms with Gasteiger partial charge < -0.3 is 11.1 Å². The molecule has 3 N–H and O–H groups in total. The fraction of sp³-hybridized carbons (Fsp3) is 1.00. The molecule has 2 nitrogen and oxygen atoms in total. The Kier molecular flexibility index (Phi) is 4.12. The normalized spacial score (nSPS) is 31.9. The molecule has 0 radical (unpaired) electrons. The topological polar surface area (TPSA) is 38.0 Å². The van der Waals surface area contributed by atoms with Gasteiger partial charge in [-0.25, -0.2) is 0 Å². The van der Waals surface area contributed by atoms with E-state index in [1.165, 1.54) is 25.7 Å². The Labute approximate surface area is 80.1 Å². The number of hydrogen-bond donors (Lipinski definition) is 2. The molecule has 2 aliphatic rings. The van der Waals surface area contributed by atoms with E-state index in [0.29, 0.717) is 11.6 Å². The van der Waals surface area contributed by atoms with Crippen LogP contribution in [0.4, 0.5) is 0 Å². The number of nitrogens with one attached hydrogen (secondary N) is 1. The first kappa shape index (κ1) is 11.5. The summed E-state index contributed by atoms with van der Waals surface area (Å²) < 4.78 is 0. The van der Waals surface area contributed by atoms with E-state index in [1.807, 2.05) is 0 Å². The summed E-state index contributed by atoms with van der Waals surface area (Å²) in [6, 6.07) is 0.427. The second kappa shape index (κ2) is 3.94. The van der Waals surface area contributed by atoms with Crippen LogP contribution in [0.25, 0.3) is 0 Å². The Hall–Kier alpha value is 0.500. The largest absolute Gasteiger partial charge is 0.327 e. The molecule has 0 unspecified atom stereocenters. The van der Waals surface area contributed by atoms with E-state index in [1.54, 1.807) is 0 Å². The second-order valence-corrected chi connectivity index (χ2v) is 3.46. The molecule has 1 saturated heterocycles. The van der Waals surface area contributed by atoms with Crippen molar-refractivity contribution < 1.29 is 0 Å². The standard InChI is InChI=1S/C7H14N2.2ClH/c8-6-1-2-7(3-4-7)9-5-6;;/h6,9H,1-5,8H2;2*1H/t6-;;/m0../s1. The van der Waals surface area contributed by atoms with E-state index in [9.17, 15) is 0 Å². The highest BCUT2D eigenvalue weighted by Gasteiger charge is 2.43. The van der Waals surface area contributed by atoms with Crippen molar-refractivity contribution in [1.82, 2.24) is 5.32 Å². The molecule has 1 aliphatic carbocycles. The Morgan fingerprint density at radius 1 is 1.18 bits per heavy atom. The van der Waals surface area contributed by atoms with Crippen molar-refractivity contribution >= 4 is 24.8 Å². The molecule has 1 saturated carbocycles. The maximum Gasteiger partial charge on any atom is 0.0184 e. The summed E-state index contributed by atoms with van der Waals surface area (Å²) in [6.45, 7) is 1.04. The molecular formula is C7H16Cl2N2. The zero-order chi connectivity index (χ0) is 6.32. The fourth-order valence-corrected chi connectivity index (χ4v) is 1.58. The first-order valence-electron chi connectivity index (χ1n) is 3.81. The lowest BCUT2D eigenvalue weighted by molar-refractivity contribution is 0.350. The molecule has 0 aromatic heterocycles. The van der Waals surface area contributed by atoms with Gasteiger partial charge in [0, 0.05) is 18.1 Å². The van der Waals surface area contributed by atoms with Crippen LogP contribution in [0, 0.1) is 0 Å². The summed E-state index contributed by atoms with van der Waals surface area (Å²) in [7, 11) is 0. The Balaban J connectivity index is 0.000000500. The molecule has 4 heteroatoms. The number of piperidine rings is 1. The van der Waals surface area contributed by atoms with Crippen molar-refractivity contribution in [1.29, 1.82) is 0 Å². The van der Waals surface area contributed by atoms with E-state index in [4.69, 9.17) is 5.73 Å². The molecule has 0 amide bonds. The highest BCUT2D eigenvalue weighted by molar-refractivity contribution is 5.85. The quantitative estimate of drug-likeness (QED) is 0.612. The number of hydrogen-bond acceptors (Lipinski definition) is 2. The third kappa shape index (κ3) is 2.48. The number of rotatable bonds is 0. The molecule has 2 fully saturated rings. The summed E-state index contributed by atoms with van der Waals surface area (Å²) in [4.78, 5) is 0. The summed E-state index contributed by atoms with van der Waals surface area (Å²) in [6.07, 6.45) is 5.32. The van der Waals surface area contributed by atoms with Gasteiger partial charge in [0.1, 0.15) is 0 Å². The molecule has 0 bridgehead atoms.